The van der Waals surface area contributed by atoms with E-state index in [-0.39, 0.29) is 17.7 Å². The lowest BCUT2D eigenvalue weighted by molar-refractivity contribution is -0.123. The molecule has 1 saturated heterocycles. The monoisotopic (exact) mass is 601 g/mol. The van der Waals surface area contributed by atoms with Crippen LogP contribution in [0.5, 0.6) is 11.5 Å². The molecule has 0 aliphatic carbocycles. The third kappa shape index (κ3) is 5.92. The molecule has 174 valence electrons. The number of carbonyl (C=O) groups is 2. The molecule has 0 unspecified atom stereocenters. The maximum atomic E-state index is 13.0. The molecular formula is C26H21Br2NO4S. The largest absolute Gasteiger partial charge is 0.490 e. The van der Waals surface area contributed by atoms with E-state index < -0.39 is 0 Å². The highest BCUT2D eigenvalue weighted by atomic mass is 79.9. The smallest absolute Gasteiger partial charge is 0.293 e. The molecule has 1 aliphatic heterocycles. The molecule has 0 radical (unpaired) electrons. The molecule has 0 N–H and O–H groups in total. The standard InChI is InChI=1S/C26H21Br2NO4S/c1-2-32-22-13-19(12-21(28)24(22)33-16-18-6-4-3-5-7-18)14-23-25(30)29(26(31)34-23)15-17-8-10-20(27)11-9-17/h3-14H,2,15-16H2,1H3/b23-14-. The molecule has 0 saturated carbocycles. The fraction of sp³-hybridized carbons (Fsp3) is 0.154. The molecule has 0 spiro atoms. The molecule has 2 amide bonds. The average Bonchev–Trinajstić information content (AvgIpc) is 3.08. The van der Waals surface area contributed by atoms with Crippen molar-refractivity contribution < 1.29 is 19.1 Å². The van der Waals surface area contributed by atoms with Gasteiger partial charge in [0.2, 0.25) is 0 Å². The van der Waals surface area contributed by atoms with E-state index in [1.165, 1.54) is 4.90 Å². The number of hydrogen-bond acceptors (Lipinski definition) is 5. The summed E-state index contributed by atoms with van der Waals surface area (Å²) >= 11 is 7.90. The minimum atomic E-state index is -0.309. The Balaban J connectivity index is 1.55. The first kappa shape index (κ1) is 24.6. The zero-order valence-corrected chi connectivity index (χ0v) is 22.3. The van der Waals surface area contributed by atoms with Crippen LogP contribution < -0.4 is 9.47 Å². The van der Waals surface area contributed by atoms with Crippen molar-refractivity contribution in [2.45, 2.75) is 20.1 Å². The number of amides is 2. The fourth-order valence-corrected chi connectivity index (χ4v) is 5.04. The molecule has 3 aromatic carbocycles. The summed E-state index contributed by atoms with van der Waals surface area (Å²) in [6, 6.07) is 21.1. The second-order valence-electron chi connectivity index (χ2n) is 7.43. The molecule has 0 aromatic heterocycles. The minimum absolute atomic E-state index is 0.232. The number of carbonyl (C=O) groups excluding carboxylic acids is 2. The van der Waals surface area contributed by atoms with Gasteiger partial charge in [-0.1, -0.05) is 58.4 Å². The Morgan fingerprint density at radius 2 is 1.68 bits per heavy atom. The second kappa shape index (κ2) is 11.3. The van der Waals surface area contributed by atoms with Crippen molar-refractivity contribution in [3.63, 3.8) is 0 Å². The van der Waals surface area contributed by atoms with Gasteiger partial charge in [-0.05, 0) is 81.6 Å². The quantitative estimate of drug-likeness (QED) is 0.251. The average molecular weight is 603 g/mol. The summed E-state index contributed by atoms with van der Waals surface area (Å²) in [6.45, 7) is 2.99. The minimum Gasteiger partial charge on any atom is -0.490 e. The van der Waals surface area contributed by atoms with E-state index in [0.29, 0.717) is 34.1 Å². The third-order valence-corrected chi connectivity index (χ3v) is 7.01. The SMILES string of the molecule is CCOc1cc(/C=C2\SC(=O)N(Cc3ccc(Br)cc3)C2=O)cc(Br)c1OCc1ccccc1. The van der Waals surface area contributed by atoms with Crippen LogP contribution in [0.2, 0.25) is 0 Å². The second-order valence-corrected chi connectivity index (χ2v) is 10.2. The summed E-state index contributed by atoms with van der Waals surface area (Å²) < 4.78 is 13.5. The van der Waals surface area contributed by atoms with Crippen LogP contribution in [-0.2, 0) is 17.9 Å². The topological polar surface area (TPSA) is 55.8 Å². The van der Waals surface area contributed by atoms with Crippen LogP contribution in [0.4, 0.5) is 4.79 Å². The lowest BCUT2D eigenvalue weighted by Crippen LogP contribution is -2.27. The number of thioether (sulfide) groups is 1. The summed E-state index contributed by atoms with van der Waals surface area (Å²) in [7, 11) is 0. The summed E-state index contributed by atoms with van der Waals surface area (Å²) in [5.41, 5.74) is 2.66. The van der Waals surface area contributed by atoms with E-state index in [1.54, 1.807) is 6.08 Å². The van der Waals surface area contributed by atoms with E-state index in [2.05, 4.69) is 31.9 Å². The van der Waals surface area contributed by atoms with E-state index in [4.69, 9.17) is 9.47 Å². The molecular weight excluding hydrogens is 582 g/mol. The van der Waals surface area contributed by atoms with Gasteiger partial charge < -0.3 is 9.47 Å². The molecule has 3 aromatic rings. The highest BCUT2D eigenvalue weighted by Crippen LogP contribution is 2.40. The van der Waals surface area contributed by atoms with Crippen LogP contribution in [0.15, 0.2) is 80.6 Å². The summed E-state index contributed by atoms with van der Waals surface area (Å²) in [6.07, 6.45) is 1.71. The summed E-state index contributed by atoms with van der Waals surface area (Å²) in [4.78, 5) is 27.1. The van der Waals surface area contributed by atoms with Gasteiger partial charge in [0.15, 0.2) is 11.5 Å². The first-order valence-electron chi connectivity index (χ1n) is 10.6. The third-order valence-electron chi connectivity index (χ3n) is 4.98. The number of rotatable bonds is 8. The molecule has 34 heavy (non-hydrogen) atoms. The van der Waals surface area contributed by atoms with Crippen LogP contribution in [0, 0.1) is 0 Å². The Labute approximate surface area is 219 Å². The van der Waals surface area contributed by atoms with Crippen molar-refractivity contribution in [3.8, 4) is 11.5 Å². The van der Waals surface area contributed by atoms with Gasteiger partial charge in [-0.2, -0.15) is 0 Å². The predicted octanol–water partition coefficient (Wildman–Crippen LogP) is 7.43. The highest BCUT2D eigenvalue weighted by molar-refractivity contribution is 9.10. The van der Waals surface area contributed by atoms with Crippen molar-refractivity contribution >= 4 is 60.8 Å². The molecule has 4 rings (SSSR count). The normalized spacial score (nSPS) is 14.7. The molecule has 0 bridgehead atoms. The molecule has 0 atom stereocenters. The molecule has 5 nitrogen and oxygen atoms in total. The maximum absolute atomic E-state index is 13.0. The zero-order chi connectivity index (χ0) is 24.1. The number of ether oxygens (including phenoxy) is 2. The van der Waals surface area contributed by atoms with Crippen LogP contribution in [0.1, 0.15) is 23.6 Å². The summed E-state index contributed by atoms with van der Waals surface area (Å²) in [5, 5.41) is -0.286. The Hall–Kier alpha value is -2.55. The van der Waals surface area contributed by atoms with Gasteiger partial charge in [0.25, 0.3) is 11.1 Å². The van der Waals surface area contributed by atoms with Crippen molar-refractivity contribution in [3.05, 3.63) is 97.3 Å². The van der Waals surface area contributed by atoms with Crippen molar-refractivity contribution in [2.75, 3.05) is 6.61 Å². The molecule has 1 aliphatic rings. The van der Waals surface area contributed by atoms with E-state index in [9.17, 15) is 9.59 Å². The van der Waals surface area contributed by atoms with Crippen LogP contribution in [-0.4, -0.2) is 22.7 Å². The molecule has 1 fully saturated rings. The van der Waals surface area contributed by atoms with E-state index >= 15 is 0 Å². The first-order chi connectivity index (χ1) is 16.4. The fourth-order valence-electron chi connectivity index (χ4n) is 3.36. The van der Waals surface area contributed by atoms with E-state index in [0.717, 1.165) is 32.9 Å². The lowest BCUT2D eigenvalue weighted by atomic mass is 10.1. The molecule has 1 heterocycles. The van der Waals surface area contributed by atoms with Gasteiger partial charge in [-0.3, -0.25) is 14.5 Å². The number of imide groups is 1. The Kier molecular flexibility index (Phi) is 8.13. The van der Waals surface area contributed by atoms with E-state index in [1.807, 2.05) is 73.7 Å². The van der Waals surface area contributed by atoms with Crippen molar-refractivity contribution in [1.82, 2.24) is 4.90 Å². The van der Waals surface area contributed by atoms with Gasteiger partial charge in [-0.15, -0.1) is 0 Å². The van der Waals surface area contributed by atoms with Gasteiger partial charge in [0, 0.05) is 4.47 Å². The van der Waals surface area contributed by atoms with Gasteiger partial charge in [-0.25, -0.2) is 0 Å². The van der Waals surface area contributed by atoms with Crippen LogP contribution in [0.3, 0.4) is 0 Å². The van der Waals surface area contributed by atoms with Crippen LogP contribution >= 0.6 is 43.6 Å². The molecule has 8 heteroatoms. The lowest BCUT2D eigenvalue weighted by Gasteiger charge is -2.15. The van der Waals surface area contributed by atoms with Gasteiger partial charge in [0.1, 0.15) is 6.61 Å². The Morgan fingerprint density at radius 3 is 2.38 bits per heavy atom. The van der Waals surface area contributed by atoms with Crippen LogP contribution in [0.25, 0.3) is 6.08 Å². The Morgan fingerprint density at radius 1 is 0.941 bits per heavy atom. The maximum Gasteiger partial charge on any atom is 0.293 e. The number of benzene rings is 3. The number of nitrogens with zero attached hydrogens (tertiary/aromatic N) is 1. The zero-order valence-electron chi connectivity index (χ0n) is 18.3. The number of halogens is 2. The van der Waals surface area contributed by atoms with Crippen molar-refractivity contribution in [2.24, 2.45) is 0 Å². The van der Waals surface area contributed by atoms with Crippen molar-refractivity contribution in [1.29, 1.82) is 0 Å². The number of hydrogen-bond donors (Lipinski definition) is 0. The Bertz CT molecular complexity index is 1230. The summed E-state index contributed by atoms with van der Waals surface area (Å²) in [5.74, 6) is 0.843. The first-order valence-corrected chi connectivity index (χ1v) is 13.0. The van der Waals surface area contributed by atoms with Gasteiger partial charge >= 0.3 is 0 Å². The highest BCUT2D eigenvalue weighted by Gasteiger charge is 2.35. The predicted molar refractivity (Wildman–Crippen MR) is 142 cm³/mol. The van der Waals surface area contributed by atoms with Gasteiger partial charge in [0.05, 0.1) is 22.5 Å².